The quantitative estimate of drug-likeness (QED) is 0.0564. The minimum Gasteiger partial charge on any atom is -0.506 e. The summed E-state index contributed by atoms with van der Waals surface area (Å²) >= 11 is 0. The maximum Gasteiger partial charge on any atom is 0.341 e. The van der Waals surface area contributed by atoms with Crippen LogP contribution in [0.1, 0.15) is 225 Å². The van der Waals surface area contributed by atoms with Crippen molar-refractivity contribution in [3.63, 3.8) is 0 Å². The van der Waals surface area contributed by atoms with E-state index in [-0.39, 0.29) is 24.3 Å². The number of carbonyl (C=O) groups excluding carboxylic acids is 2. The minimum atomic E-state index is -1.44. The topological polar surface area (TPSA) is 110 Å². The molecule has 0 saturated carbocycles. The van der Waals surface area contributed by atoms with Crippen molar-refractivity contribution < 1.29 is 34.1 Å². The Bertz CT molecular complexity index is 974. The van der Waals surface area contributed by atoms with E-state index in [9.17, 15) is 24.6 Å². The second kappa shape index (κ2) is 30.5. The lowest BCUT2D eigenvalue weighted by Crippen LogP contribution is -2.13. The Kier molecular flexibility index (Phi) is 27.6. The van der Waals surface area contributed by atoms with Gasteiger partial charge in [-0.2, -0.15) is 0 Å². The van der Waals surface area contributed by atoms with Crippen LogP contribution >= 0.6 is 0 Å². The van der Waals surface area contributed by atoms with E-state index in [0.717, 1.165) is 44.6 Å². The Balaban J connectivity index is 2.25. The number of aromatic hydroxyl groups is 1. The van der Waals surface area contributed by atoms with Gasteiger partial charge in [0.05, 0.1) is 18.8 Å². The molecule has 0 bridgehead atoms. The second-order valence-electron chi connectivity index (χ2n) is 13.7. The predicted octanol–water partition coefficient (Wildman–Crippen LogP) is 12.4. The zero-order valence-electron chi connectivity index (χ0n) is 30.8. The Hall–Kier alpha value is -2.57. The fraction of sp³-hybridized carbons (Fsp3) is 0.780. The van der Waals surface area contributed by atoms with Gasteiger partial charge in [0.15, 0.2) is 0 Å². The number of aromatic carboxylic acids is 1. The minimum absolute atomic E-state index is 0.0843. The van der Waals surface area contributed by atoms with Gasteiger partial charge in [-0.05, 0) is 25.0 Å². The van der Waals surface area contributed by atoms with Crippen molar-refractivity contribution in [1.82, 2.24) is 0 Å². The summed E-state index contributed by atoms with van der Waals surface area (Å²) in [5.41, 5.74) is -0.938. The van der Waals surface area contributed by atoms with Crippen molar-refractivity contribution in [1.29, 1.82) is 0 Å². The summed E-state index contributed by atoms with van der Waals surface area (Å²) in [6.07, 6.45) is 34.3. The van der Waals surface area contributed by atoms with E-state index >= 15 is 0 Å². The highest BCUT2D eigenvalue weighted by Crippen LogP contribution is 2.27. The molecule has 0 radical (unpaired) electrons. The Morgan fingerprint density at radius 2 is 0.750 bits per heavy atom. The van der Waals surface area contributed by atoms with Crippen LogP contribution in [0.2, 0.25) is 0 Å². The molecule has 0 aliphatic rings. The molecule has 0 unspecified atom stereocenters. The number of carbonyl (C=O) groups is 3. The molecular formula is C41H70O7. The average molecular weight is 675 g/mol. The molecule has 0 heterocycles. The molecule has 48 heavy (non-hydrogen) atoms. The molecule has 0 aromatic heterocycles. The van der Waals surface area contributed by atoms with Gasteiger partial charge in [-0.3, -0.25) is 0 Å². The van der Waals surface area contributed by atoms with Crippen LogP contribution in [-0.4, -0.2) is 41.3 Å². The van der Waals surface area contributed by atoms with Gasteiger partial charge in [-0.1, -0.05) is 181 Å². The number of hydrogen-bond donors (Lipinski definition) is 2. The predicted molar refractivity (Wildman–Crippen MR) is 196 cm³/mol. The summed E-state index contributed by atoms with van der Waals surface area (Å²) in [6.45, 7) is 4.89. The highest BCUT2D eigenvalue weighted by molar-refractivity contribution is 6.03. The highest BCUT2D eigenvalue weighted by Gasteiger charge is 2.24. The van der Waals surface area contributed by atoms with Crippen LogP contribution < -0.4 is 0 Å². The van der Waals surface area contributed by atoms with E-state index in [2.05, 4.69) is 13.8 Å². The second-order valence-corrected chi connectivity index (χ2v) is 13.7. The first-order valence-electron chi connectivity index (χ1n) is 19.9. The number of unbranched alkanes of at least 4 members (excludes halogenated alkanes) is 26. The molecule has 0 atom stereocenters. The third kappa shape index (κ3) is 22.1. The van der Waals surface area contributed by atoms with Crippen molar-refractivity contribution in [2.45, 2.75) is 194 Å². The maximum atomic E-state index is 12.7. The van der Waals surface area contributed by atoms with Gasteiger partial charge in [0.2, 0.25) is 0 Å². The summed E-state index contributed by atoms with van der Waals surface area (Å²) in [5.74, 6) is -3.69. The molecule has 2 N–H and O–H groups in total. The first-order chi connectivity index (χ1) is 23.4. The van der Waals surface area contributed by atoms with Crippen LogP contribution in [-0.2, 0) is 9.47 Å². The zero-order valence-corrected chi connectivity index (χ0v) is 30.8. The van der Waals surface area contributed by atoms with E-state index in [0.29, 0.717) is 6.42 Å². The van der Waals surface area contributed by atoms with Crippen molar-refractivity contribution in [3.8, 4) is 5.75 Å². The Morgan fingerprint density at radius 3 is 1.08 bits per heavy atom. The first-order valence-corrected chi connectivity index (χ1v) is 19.9. The molecule has 7 nitrogen and oxygen atoms in total. The maximum absolute atomic E-state index is 12.7. The van der Waals surface area contributed by atoms with E-state index in [1.54, 1.807) is 0 Å². The number of hydrogen-bond acceptors (Lipinski definition) is 6. The third-order valence-electron chi connectivity index (χ3n) is 9.26. The molecule has 0 aliphatic carbocycles. The van der Waals surface area contributed by atoms with Crippen molar-refractivity contribution in [2.24, 2.45) is 0 Å². The van der Waals surface area contributed by atoms with Crippen LogP contribution in [0.4, 0.5) is 0 Å². The summed E-state index contributed by atoms with van der Waals surface area (Å²) in [7, 11) is 0. The molecule has 0 fully saturated rings. The number of carboxylic acids is 1. The molecule has 0 aliphatic heterocycles. The first kappa shape index (κ1) is 43.5. The van der Waals surface area contributed by atoms with Gasteiger partial charge in [0.1, 0.15) is 16.9 Å². The largest absolute Gasteiger partial charge is 0.506 e. The van der Waals surface area contributed by atoms with E-state index in [1.165, 1.54) is 141 Å². The molecule has 0 spiro atoms. The Morgan fingerprint density at radius 1 is 0.458 bits per heavy atom. The fourth-order valence-electron chi connectivity index (χ4n) is 6.15. The van der Waals surface area contributed by atoms with Crippen molar-refractivity contribution in [2.75, 3.05) is 13.2 Å². The van der Waals surface area contributed by atoms with Gasteiger partial charge in [-0.25, -0.2) is 14.4 Å². The molecule has 276 valence electrons. The lowest BCUT2D eigenvalue weighted by Gasteiger charge is -2.11. The van der Waals surface area contributed by atoms with Crippen molar-refractivity contribution in [3.05, 3.63) is 28.8 Å². The van der Waals surface area contributed by atoms with E-state index in [4.69, 9.17) is 9.47 Å². The lowest BCUT2D eigenvalue weighted by molar-refractivity contribution is 0.0493. The molecule has 1 aromatic carbocycles. The van der Waals surface area contributed by atoms with Crippen LogP contribution in [0.3, 0.4) is 0 Å². The number of carboxylic acid groups (broad SMARTS) is 1. The fourth-order valence-corrected chi connectivity index (χ4v) is 6.15. The summed E-state index contributed by atoms with van der Waals surface area (Å²) in [5, 5.41) is 20.0. The third-order valence-corrected chi connectivity index (χ3v) is 9.26. The lowest BCUT2D eigenvalue weighted by atomic mass is 10.0. The van der Waals surface area contributed by atoms with Crippen LogP contribution in [0.25, 0.3) is 0 Å². The molecule has 0 amide bonds. The smallest absolute Gasteiger partial charge is 0.341 e. The molecular weight excluding hydrogens is 604 g/mol. The molecule has 7 heteroatoms. The SMILES string of the molecule is CCCCCCCCCCCCCCCCOC(=O)c1cc(C(=O)O)c(O)c(C(=O)OCCCCCCCCCCCCCCCC)c1. The molecule has 1 rings (SSSR count). The van der Waals surface area contributed by atoms with Gasteiger partial charge < -0.3 is 19.7 Å². The average Bonchev–Trinajstić information content (AvgIpc) is 3.07. The highest BCUT2D eigenvalue weighted by atomic mass is 16.5. The number of benzene rings is 1. The van der Waals surface area contributed by atoms with Crippen LogP contribution in [0.5, 0.6) is 5.75 Å². The van der Waals surface area contributed by atoms with Gasteiger partial charge >= 0.3 is 17.9 Å². The van der Waals surface area contributed by atoms with Gasteiger partial charge in [-0.15, -0.1) is 0 Å². The van der Waals surface area contributed by atoms with Crippen LogP contribution in [0, 0.1) is 0 Å². The standard InChI is InChI=1S/C41H70O7/c1-3-5-7-9-11-13-15-17-19-21-23-25-27-29-31-47-40(45)35-33-36(39(43)44)38(42)37(34-35)41(46)48-32-30-28-26-24-22-20-18-16-14-12-10-8-6-4-2/h33-34,42H,3-32H2,1-2H3,(H,43,44). The van der Waals surface area contributed by atoms with Crippen molar-refractivity contribution >= 4 is 17.9 Å². The summed E-state index contributed by atoms with van der Waals surface area (Å²) < 4.78 is 10.7. The normalized spacial score (nSPS) is 11.1. The van der Waals surface area contributed by atoms with Crippen LogP contribution in [0.15, 0.2) is 12.1 Å². The molecule has 1 aromatic rings. The summed E-state index contributed by atoms with van der Waals surface area (Å²) in [4.78, 5) is 37.1. The Labute approximate surface area is 293 Å². The number of esters is 2. The number of phenols is 1. The zero-order chi connectivity index (χ0) is 35.1. The summed E-state index contributed by atoms with van der Waals surface area (Å²) in [6, 6.07) is 2.22. The van der Waals surface area contributed by atoms with Gasteiger partial charge in [0, 0.05) is 0 Å². The monoisotopic (exact) mass is 675 g/mol. The van der Waals surface area contributed by atoms with Gasteiger partial charge in [0.25, 0.3) is 0 Å². The molecule has 0 saturated heterocycles. The number of ether oxygens (including phenoxy) is 2. The van der Waals surface area contributed by atoms with E-state index < -0.39 is 29.2 Å². The van der Waals surface area contributed by atoms with E-state index in [1.807, 2.05) is 0 Å². The number of rotatable bonds is 33.